The van der Waals surface area contributed by atoms with Gasteiger partial charge >= 0.3 is 0 Å². The molecule has 1 heterocycles. The average Bonchev–Trinajstić information content (AvgIpc) is 2.86. The SMILES string of the molecule is Cc1ccc2nc(CCl)n(C(C)Cc3ccccc3)c2c1. The largest absolute Gasteiger partial charge is 0.324 e. The highest BCUT2D eigenvalue weighted by Gasteiger charge is 2.15. The topological polar surface area (TPSA) is 17.8 Å². The Morgan fingerprint density at radius 1 is 1.14 bits per heavy atom. The van der Waals surface area contributed by atoms with E-state index in [2.05, 4.69) is 65.9 Å². The summed E-state index contributed by atoms with van der Waals surface area (Å²) in [4.78, 5) is 4.67. The van der Waals surface area contributed by atoms with Gasteiger partial charge in [-0.2, -0.15) is 0 Å². The number of hydrogen-bond acceptors (Lipinski definition) is 1. The van der Waals surface area contributed by atoms with E-state index in [1.54, 1.807) is 0 Å². The van der Waals surface area contributed by atoms with Crippen molar-refractivity contribution in [3.63, 3.8) is 0 Å². The van der Waals surface area contributed by atoms with Crippen molar-refractivity contribution in [2.75, 3.05) is 0 Å². The molecule has 0 fully saturated rings. The van der Waals surface area contributed by atoms with Gasteiger partial charge in [0.2, 0.25) is 0 Å². The Bertz CT molecular complexity index is 747. The Kier molecular flexibility index (Phi) is 3.98. The maximum atomic E-state index is 6.11. The number of fused-ring (bicyclic) bond motifs is 1. The second-order valence-electron chi connectivity index (χ2n) is 5.56. The van der Waals surface area contributed by atoms with Crippen molar-refractivity contribution in [2.24, 2.45) is 0 Å². The molecule has 0 aliphatic rings. The molecule has 1 aromatic heterocycles. The highest BCUT2D eigenvalue weighted by atomic mass is 35.5. The van der Waals surface area contributed by atoms with E-state index in [0.717, 1.165) is 17.8 Å². The fourth-order valence-corrected chi connectivity index (χ4v) is 3.07. The summed E-state index contributed by atoms with van der Waals surface area (Å²) in [6.45, 7) is 4.34. The molecule has 0 saturated heterocycles. The zero-order valence-electron chi connectivity index (χ0n) is 12.4. The molecule has 0 radical (unpaired) electrons. The van der Waals surface area contributed by atoms with E-state index >= 15 is 0 Å². The predicted molar refractivity (Wildman–Crippen MR) is 88.9 cm³/mol. The summed E-state index contributed by atoms with van der Waals surface area (Å²) in [6, 6.07) is 17.2. The smallest absolute Gasteiger partial charge is 0.125 e. The molecule has 2 nitrogen and oxygen atoms in total. The van der Waals surface area contributed by atoms with Crippen LogP contribution in [0.2, 0.25) is 0 Å². The first kappa shape index (κ1) is 14.2. The van der Waals surface area contributed by atoms with Crippen LogP contribution in [-0.4, -0.2) is 9.55 Å². The number of alkyl halides is 1. The fraction of sp³-hybridized carbons (Fsp3) is 0.278. The Morgan fingerprint density at radius 3 is 2.62 bits per heavy atom. The van der Waals surface area contributed by atoms with Crippen LogP contribution in [0.1, 0.15) is 29.9 Å². The minimum Gasteiger partial charge on any atom is -0.324 e. The standard InChI is InChI=1S/C18H19ClN2/c1-13-8-9-16-17(10-13)21(18(12-19)20-16)14(2)11-15-6-4-3-5-7-15/h3-10,14H,11-12H2,1-2H3. The molecule has 0 bridgehead atoms. The van der Waals surface area contributed by atoms with Gasteiger partial charge in [-0.05, 0) is 43.5 Å². The number of hydrogen-bond donors (Lipinski definition) is 0. The van der Waals surface area contributed by atoms with Crippen molar-refractivity contribution in [1.29, 1.82) is 0 Å². The summed E-state index contributed by atoms with van der Waals surface area (Å²) in [6.07, 6.45) is 0.976. The second kappa shape index (κ2) is 5.90. The van der Waals surface area contributed by atoms with Crippen molar-refractivity contribution in [3.05, 3.63) is 65.5 Å². The lowest BCUT2D eigenvalue weighted by Gasteiger charge is -2.17. The molecule has 2 aromatic carbocycles. The number of aryl methyl sites for hydroxylation is 1. The third-order valence-electron chi connectivity index (χ3n) is 3.85. The zero-order chi connectivity index (χ0) is 14.8. The van der Waals surface area contributed by atoms with E-state index in [1.807, 2.05) is 6.07 Å². The Morgan fingerprint density at radius 2 is 1.90 bits per heavy atom. The Hall–Kier alpha value is -1.80. The summed E-state index contributed by atoms with van der Waals surface area (Å²) in [5.41, 5.74) is 4.78. The first-order valence-corrected chi connectivity index (χ1v) is 7.80. The number of aromatic nitrogens is 2. The molecule has 0 N–H and O–H groups in total. The van der Waals surface area contributed by atoms with Gasteiger partial charge in [0, 0.05) is 6.04 Å². The van der Waals surface area contributed by atoms with Crippen LogP contribution >= 0.6 is 11.6 Å². The maximum Gasteiger partial charge on any atom is 0.125 e. The van der Waals surface area contributed by atoms with Crippen molar-refractivity contribution in [3.8, 4) is 0 Å². The third-order valence-corrected chi connectivity index (χ3v) is 4.09. The normalized spacial score (nSPS) is 12.7. The summed E-state index contributed by atoms with van der Waals surface area (Å²) in [7, 11) is 0. The molecular weight excluding hydrogens is 280 g/mol. The lowest BCUT2D eigenvalue weighted by atomic mass is 10.1. The fourth-order valence-electron chi connectivity index (χ4n) is 2.89. The molecule has 0 aliphatic carbocycles. The van der Waals surface area contributed by atoms with Crippen LogP contribution in [0.3, 0.4) is 0 Å². The van der Waals surface area contributed by atoms with E-state index in [9.17, 15) is 0 Å². The summed E-state index contributed by atoms with van der Waals surface area (Å²) >= 11 is 6.11. The summed E-state index contributed by atoms with van der Waals surface area (Å²) < 4.78 is 2.28. The van der Waals surface area contributed by atoms with Crippen LogP contribution in [0.4, 0.5) is 0 Å². The van der Waals surface area contributed by atoms with E-state index in [-0.39, 0.29) is 0 Å². The molecule has 0 amide bonds. The first-order valence-electron chi connectivity index (χ1n) is 7.26. The Balaban J connectivity index is 2.03. The van der Waals surface area contributed by atoms with E-state index in [1.165, 1.54) is 16.6 Å². The van der Waals surface area contributed by atoms with Crippen LogP contribution in [0.15, 0.2) is 48.5 Å². The van der Waals surface area contributed by atoms with E-state index in [4.69, 9.17) is 11.6 Å². The van der Waals surface area contributed by atoms with Gasteiger partial charge in [-0.1, -0.05) is 36.4 Å². The molecule has 0 aliphatic heterocycles. The first-order chi connectivity index (χ1) is 10.2. The molecule has 108 valence electrons. The number of nitrogens with zero attached hydrogens (tertiary/aromatic N) is 2. The van der Waals surface area contributed by atoms with Crippen LogP contribution in [0, 0.1) is 6.92 Å². The highest BCUT2D eigenvalue weighted by molar-refractivity contribution is 6.16. The lowest BCUT2D eigenvalue weighted by Crippen LogP contribution is -2.11. The van der Waals surface area contributed by atoms with Crippen molar-refractivity contribution in [1.82, 2.24) is 9.55 Å². The number of halogens is 1. The average molecular weight is 299 g/mol. The highest BCUT2D eigenvalue weighted by Crippen LogP contribution is 2.25. The minimum atomic E-state index is 0.327. The molecule has 3 rings (SSSR count). The van der Waals surface area contributed by atoms with Crippen LogP contribution in [0.25, 0.3) is 11.0 Å². The Labute approximate surface area is 130 Å². The number of benzene rings is 2. The van der Waals surface area contributed by atoms with Gasteiger partial charge in [-0.25, -0.2) is 4.98 Å². The van der Waals surface area contributed by atoms with E-state index in [0.29, 0.717) is 11.9 Å². The van der Waals surface area contributed by atoms with Gasteiger partial charge in [0.25, 0.3) is 0 Å². The third kappa shape index (κ3) is 2.81. The van der Waals surface area contributed by atoms with Crippen molar-refractivity contribution in [2.45, 2.75) is 32.2 Å². The lowest BCUT2D eigenvalue weighted by molar-refractivity contribution is 0.543. The van der Waals surface area contributed by atoms with Crippen molar-refractivity contribution < 1.29 is 0 Å². The van der Waals surface area contributed by atoms with Crippen molar-refractivity contribution >= 4 is 22.6 Å². The molecule has 3 aromatic rings. The van der Waals surface area contributed by atoms with Gasteiger partial charge in [-0.3, -0.25) is 0 Å². The van der Waals surface area contributed by atoms with Gasteiger partial charge in [-0.15, -0.1) is 11.6 Å². The second-order valence-corrected chi connectivity index (χ2v) is 5.83. The molecule has 1 atom stereocenters. The molecule has 0 saturated carbocycles. The van der Waals surface area contributed by atoms with Crippen LogP contribution in [-0.2, 0) is 12.3 Å². The quantitative estimate of drug-likeness (QED) is 0.627. The molecule has 21 heavy (non-hydrogen) atoms. The van der Waals surface area contributed by atoms with Crippen LogP contribution < -0.4 is 0 Å². The summed E-state index contributed by atoms with van der Waals surface area (Å²) in [5, 5.41) is 0. The number of rotatable bonds is 4. The van der Waals surface area contributed by atoms with Gasteiger partial charge in [0.1, 0.15) is 5.82 Å². The molecule has 0 spiro atoms. The molecule has 1 unspecified atom stereocenters. The predicted octanol–water partition coefficient (Wildman–Crippen LogP) is 4.89. The van der Waals surface area contributed by atoms with E-state index < -0.39 is 0 Å². The minimum absolute atomic E-state index is 0.327. The van der Waals surface area contributed by atoms with Crippen LogP contribution in [0.5, 0.6) is 0 Å². The maximum absolute atomic E-state index is 6.11. The van der Waals surface area contributed by atoms with Gasteiger partial charge in [0.05, 0.1) is 16.9 Å². The molecular formula is C18H19ClN2. The summed E-state index contributed by atoms with van der Waals surface area (Å²) in [5.74, 6) is 1.38. The molecule has 3 heteroatoms. The van der Waals surface area contributed by atoms with Gasteiger partial charge < -0.3 is 4.57 Å². The zero-order valence-corrected chi connectivity index (χ0v) is 13.1. The monoisotopic (exact) mass is 298 g/mol. The number of imidazole rings is 1. The van der Waals surface area contributed by atoms with Gasteiger partial charge in [0.15, 0.2) is 0 Å².